The van der Waals surface area contributed by atoms with Crippen molar-refractivity contribution < 1.29 is 9.53 Å². The summed E-state index contributed by atoms with van der Waals surface area (Å²) in [5.41, 5.74) is 1.93. The maximum atomic E-state index is 11.7. The number of carbonyl (C=O) groups is 1. The van der Waals surface area contributed by atoms with Crippen molar-refractivity contribution in [1.82, 2.24) is 0 Å². The predicted octanol–water partition coefficient (Wildman–Crippen LogP) is 2.82. The molecule has 0 N–H and O–H groups in total. The first-order valence-electron chi connectivity index (χ1n) is 5.16. The molecule has 15 heavy (non-hydrogen) atoms. The van der Waals surface area contributed by atoms with Crippen LogP contribution in [0.5, 0.6) is 5.75 Å². The zero-order valence-electron chi connectivity index (χ0n) is 8.46. The molecule has 2 rings (SSSR count). The third-order valence-corrected chi connectivity index (χ3v) is 2.82. The van der Waals surface area contributed by atoms with Crippen LogP contribution in [0.4, 0.5) is 0 Å². The van der Waals surface area contributed by atoms with Gasteiger partial charge >= 0.3 is 0 Å². The van der Waals surface area contributed by atoms with Crippen LogP contribution in [0.2, 0.25) is 0 Å². The lowest BCUT2D eigenvalue weighted by Crippen LogP contribution is -1.99. The monoisotopic (exact) mass is 224 g/mol. The molecule has 1 aromatic carbocycles. The normalized spacial score (nSPS) is 13.4. The molecule has 0 amide bonds. The molecule has 0 radical (unpaired) electrons. The molecular formula is C12H13ClO2. The van der Waals surface area contributed by atoms with Gasteiger partial charge in [0.05, 0.1) is 6.61 Å². The first-order valence-corrected chi connectivity index (χ1v) is 5.69. The van der Waals surface area contributed by atoms with Gasteiger partial charge in [-0.1, -0.05) is 0 Å². The lowest BCUT2D eigenvalue weighted by atomic mass is 10.0. The van der Waals surface area contributed by atoms with Gasteiger partial charge in [-0.15, -0.1) is 11.6 Å². The van der Waals surface area contributed by atoms with E-state index in [-0.39, 0.29) is 5.78 Å². The Morgan fingerprint density at radius 3 is 3.13 bits per heavy atom. The highest BCUT2D eigenvalue weighted by Gasteiger charge is 2.14. The largest absolute Gasteiger partial charge is 0.493 e. The minimum atomic E-state index is 0.172. The number of carbonyl (C=O) groups excluding carboxylic acids is 1. The van der Waals surface area contributed by atoms with Crippen LogP contribution in [0, 0.1) is 0 Å². The molecule has 0 aliphatic carbocycles. The maximum Gasteiger partial charge on any atom is 0.162 e. The predicted molar refractivity (Wildman–Crippen MR) is 59.9 cm³/mol. The Balaban J connectivity index is 2.12. The van der Waals surface area contributed by atoms with Gasteiger partial charge in [0, 0.05) is 24.3 Å². The second-order valence-corrected chi connectivity index (χ2v) is 4.01. The van der Waals surface area contributed by atoms with Crippen LogP contribution in [-0.4, -0.2) is 18.3 Å². The molecule has 1 heterocycles. The van der Waals surface area contributed by atoms with Gasteiger partial charge in [-0.3, -0.25) is 4.79 Å². The maximum absolute atomic E-state index is 11.7. The van der Waals surface area contributed by atoms with Crippen LogP contribution in [-0.2, 0) is 6.42 Å². The summed E-state index contributed by atoms with van der Waals surface area (Å²) in [7, 11) is 0. The standard InChI is InChI=1S/C12H13ClO2/c13-6-1-2-11(14)9-3-4-12-10(8-9)5-7-15-12/h3-4,8H,1-2,5-7H2. The zero-order chi connectivity index (χ0) is 10.7. The van der Waals surface area contributed by atoms with E-state index < -0.39 is 0 Å². The van der Waals surface area contributed by atoms with Crippen molar-refractivity contribution in [3.05, 3.63) is 29.3 Å². The summed E-state index contributed by atoms with van der Waals surface area (Å²) in [5.74, 6) is 1.63. The number of fused-ring (bicyclic) bond motifs is 1. The van der Waals surface area contributed by atoms with E-state index in [1.807, 2.05) is 18.2 Å². The Hall–Kier alpha value is -1.02. The molecule has 0 saturated heterocycles. The van der Waals surface area contributed by atoms with E-state index in [1.54, 1.807) is 0 Å². The van der Waals surface area contributed by atoms with E-state index >= 15 is 0 Å². The summed E-state index contributed by atoms with van der Waals surface area (Å²) in [5, 5.41) is 0. The first-order chi connectivity index (χ1) is 7.31. The van der Waals surface area contributed by atoms with E-state index in [0.717, 1.165) is 36.3 Å². The Bertz CT molecular complexity index is 374. The quantitative estimate of drug-likeness (QED) is 0.581. The molecular weight excluding hydrogens is 212 g/mol. The molecule has 0 spiro atoms. The molecule has 80 valence electrons. The number of ether oxygens (including phenoxy) is 1. The molecule has 0 bridgehead atoms. The fraction of sp³-hybridized carbons (Fsp3) is 0.417. The van der Waals surface area contributed by atoms with Gasteiger partial charge in [0.2, 0.25) is 0 Å². The van der Waals surface area contributed by atoms with Crippen molar-refractivity contribution in [2.24, 2.45) is 0 Å². The van der Waals surface area contributed by atoms with Gasteiger partial charge in [-0.25, -0.2) is 0 Å². The highest BCUT2D eigenvalue weighted by Crippen LogP contribution is 2.26. The SMILES string of the molecule is O=C(CCCCl)c1ccc2c(c1)CCO2. The molecule has 1 aromatic rings. The Morgan fingerprint density at radius 1 is 1.47 bits per heavy atom. The third kappa shape index (κ3) is 2.32. The van der Waals surface area contributed by atoms with Gasteiger partial charge in [-0.05, 0) is 30.2 Å². The van der Waals surface area contributed by atoms with Crippen molar-refractivity contribution in [2.45, 2.75) is 19.3 Å². The number of Topliss-reactive ketones (excluding diaryl/α,β-unsaturated/α-hetero) is 1. The van der Waals surface area contributed by atoms with Crippen LogP contribution in [0.1, 0.15) is 28.8 Å². The van der Waals surface area contributed by atoms with E-state index in [0.29, 0.717) is 12.3 Å². The second kappa shape index (κ2) is 4.67. The number of benzene rings is 1. The Morgan fingerprint density at radius 2 is 2.33 bits per heavy atom. The Labute approximate surface area is 94.2 Å². The summed E-state index contributed by atoms with van der Waals surface area (Å²) >= 11 is 5.55. The number of hydrogen-bond donors (Lipinski definition) is 0. The van der Waals surface area contributed by atoms with E-state index in [4.69, 9.17) is 16.3 Å². The lowest BCUT2D eigenvalue weighted by molar-refractivity contribution is 0.0982. The highest BCUT2D eigenvalue weighted by molar-refractivity contribution is 6.18. The molecule has 0 aromatic heterocycles. The molecule has 1 aliphatic heterocycles. The minimum Gasteiger partial charge on any atom is -0.493 e. The van der Waals surface area contributed by atoms with Gasteiger partial charge in [0.1, 0.15) is 5.75 Å². The van der Waals surface area contributed by atoms with Gasteiger partial charge < -0.3 is 4.74 Å². The molecule has 1 aliphatic rings. The average Bonchev–Trinajstić information content (AvgIpc) is 2.72. The van der Waals surface area contributed by atoms with Crippen LogP contribution in [0.3, 0.4) is 0 Å². The van der Waals surface area contributed by atoms with Gasteiger partial charge in [0.15, 0.2) is 5.78 Å². The van der Waals surface area contributed by atoms with Crippen molar-refractivity contribution in [1.29, 1.82) is 0 Å². The van der Waals surface area contributed by atoms with Crippen molar-refractivity contribution in [3.63, 3.8) is 0 Å². The number of ketones is 1. The van der Waals surface area contributed by atoms with Crippen LogP contribution < -0.4 is 4.74 Å². The molecule has 3 heteroatoms. The van der Waals surface area contributed by atoms with Crippen LogP contribution in [0.25, 0.3) is 0 Å². The zero-order valence-corrected chi connectivity index (χ0v) is 9.22. The average molecular weight is 225 g/mol. The van der Waals surface area contributed by atoms with E-state index in [2.05, 4.69) is 0 Å². The highest BCUT2D eigenvalue weighted by atomic mass is 35.5. The van der Waals surface area contributed by atoms with Crippen molar-refractivity contribution >= 4 is 17.4 Å². The molecule has 0 fully saturated rings. The minimum absolute atomic E-state index is 0.172. The molecule has 0 saturated carbocycles. The summed E-state index contributed by atoms with van der Waals surface area (Å²) < 4.78 is 5.38. The Kier molecular flexibility index (Phi) is 3.27. The van der Waals surface area contributed by atoms with Crippen molar-refractivity contribution in [2.75, 3.05) is 12.5 Å². The lowest BCUT2D eigenvalue weighted by Gasteiger charge is -2.02. The molecule has 0 unspecified atom stereocenters. The fourth-order valence-electron chi connectivity index (χ4n) is 1.73. The van der Waals surface area contributed by atoms with Crippen LogP contribution in [0.15, 0.2) is 18.2 Å². The van der Waals surface area contributed by atoms with Gasteiger partial charge in [0.25, 0.3) is 0 Å². The topological polar surface area (TPSA) is 26.3 Å². The number of alkyl halides is 1. The van der Waals surface area contributed by atoms with Crippen molar-refractivity contribution in [3.8, 4) is 5.75 Å². The van der Waals surface area contributed by atoms with Crippen LogP contribution >= 0.6 is 11.6 Å². The summed E-state index contributed by atoms with van der Waals surface area (Å²) in [6, 6.07) is 5.66. The second-order valence-electron chi connectivity index (χ2n) is 3.64. The van der Waals surface area contributed by atoms with E-state index in [9.17, 15) is 4.79 Å². The molecule has 0 atom stereocenters. The number of rotatable bonds is 4. The fourth-order valence-corrected chi connectivity index (χ4v) is 1.87. The summed E-state index contributed by atoms with van der Waals surface area (Å²) in [4.78, 5) is 11.7. The van der Waals surface area contributed by atoms with Gasteiger partial charge in [-0.2, -0.15) is 0 Å². The summed E-state index contributed by atoms with van der Waals surface area (Å²) in [6.07, 6.45) is 2.18. The first kappa shape index (κ1) is 10.5. The number of halogens is 1. The van der Waals surface area contributed by atoms with E-state index in [1.165, 1.54) is 0 Å². The molecule has 2 nitrogen and oxygen atoms in total. The smallest absolute Gasteiger partial charge is 0.162 e. The summed E-state index contributed by atoms with van der Waals surface area (Å²) in [6.45, 7) is 0.731. The number of hydrogen-bond acceptors (Lipinski definition) is 2. The third-order valence-electron chi connectivity index (χ3n) is 2.55.